The first-order valence-electron chi connectivity index (χ1n) is 53.6. The summed E-state index contributed by atoms with van der Waals surface area (Å²) in [5.41, 5.74) is 25.1. The molecule has 0 saturated heterocycles. The first kappa shape index (κ1) is 111. The van der Waals surface area contributed by atoms with Crippen molar-refractivity contribution in [2.45, 2.75) is 433 Å². The van der Waals surface area contributed by atoms with Crippen LogP contribution in [0.15, 0.2) is 170 Å². The molecule has 0 radical (unpaired) electrons. The van der Waals surface area contributed by atoms with Gasteiger partial charge in [-0.25, -0.2) is 0 Å². The van der Waals surface area contributed by atoms with Crippen molar-refractivity contribution >= 4 is 56.4 Å². The third-order valence-corrected chi connectivity index (χ3v) is 43.7. The molecule has 0 atom stereocenters. The van der Waals surface area contributed by atoms with Crippen LogP contribution in [-0.2, 0) is 65.0 Å². The summed E-state index contributed by atoms with van der Waals surface area (Å²) in [5, 5.41) is 38.6. The minimum absolute atomic E-state index is 0.000563. The zero-order valence-electron chi connectivity index (χ0n) is 97.8. The average Bonchev–Trinajstić information content (AvgIpc) is 0.715. The summed E-state index contributed by atoms with van der Waals surface area (Å²) >= 11 is -3.70. The number of phenols is 2. The van der Waals surface area contributed by atoms with Crippen LogP contribution in [0.2, 0.25) is 9.50 Å². The number of benzene rings is 12. The van der Waals surface area contributed by atoms with Gasteiger partial charge in [-0.15, -0.1) is 0 Å². The van der Waals surface area contributed by atoms with Gasteiger partial charge in [0.1, 0.15) is 0 Å². The van der Waals surface area contributed by atoms with Crippen LogP contribution in [0.4, 0.5) is 0 Å². The quantitative estimate of drug-likeness (QED) is 0.0524. The molecule has 2 N–H and O–H groups in total. The number of phenolic OH excluding ortho intramolecular Hbond substituents is 2. The van der Waals surface area contributed by atoms with Crippen LogP contribution in [0.1, 0.15) is 425 Å². The summed E-state index contributed by atoms with van der Waals surface area (Å²) in [7, 11) is 0. The van der Waals surface area contributed by atoms with Crippen LogP contribution >= 0.6 is 0 Å². The van der Waals surface area contributed by atoms with Crippen LogP contribution in [0.25, 0.3) is 110 Å². The van der Waals surface area contributed by atoms with Gasteiger partial charge in [-0.2, -0.15) is 0 Å². The van der Waals surface area contributed by atoms with Crippen LogP contribution < -0.4 is 9.47 Å². The fraction of sp³-hybridized carbons (Fsp3) is 0.529. The van der Waals surface area contributed by atoms with Crippen LogP contribution in [-0.4, -0.2) is 34.4 Å². The Labute approximate surface area is 861 Å². The normalized spacial score (nSPS) is 14.0. The zero-order chi connectivity index (χ0) is 106. The summed E-state index contributed by atoms with van der Waals surface area (Å²) in [6, 6.07) is 67.4. The van der Waals surface area contributed by atoms with Gasteiger partial charge >= 0.3 is 599 Å². The third-order valence-electron chi connectivity index (χ3n) is 31.2. The van der Waals surface area contributed by atoms with E-state index in [0.29, 0.717) is 10.9 Å². The predicted octanol–water partition coefficient (Wildman–Crippen LogP) is 40.8. The standard InChI is InChI=1S/C136H188GeO4/c1-83(2)137(84(3)4,81-140-113-59-53-91(133(41,42)77-121(5,6)7)71-103(113)109-73-97(135(45,46)79-123(11,12)13)75-111(119(109)138)117-99-55-49-87(125(17,18)19)67-105(99)115(106-68-88(126(20,21)22)50-56-100(106)117)85-61-93(129(29,30)31)65-94(62-85)130(32,33)34)82-141-114-60-54-92(134(43,44)78-122(8,9)10)72-104(114)110-74-98(136(47,48)80-124(14,15)16)76-112(120(110)139)118-101-57-51-89(127(23,24)25)69-107(101)116(108-70-90(128(26,27)28)52-58-102(108)118)86-63-95(131(35,36)37)66-96(64-86)132(38,39)40/h49-76,83-84,138-139H,77-82H2,1-48H3. The van der Waals surface area contributed by atoms with E-state index in [1.165, 1.54) is 99.4 Å². The monoisotopic (exact) mass is 1960 g/mol. The summed E-state index contributed by atoms with van der Waals surface area (Å²) in [6.07, 6.45) is 3.64. The predicted molar refractivity (Wildman–Crippen MR) is 624 cm³/mol. The number of aromatic hydroxyl groups is 2. The van der Waals surface area contributed by atoms with E-state index in [2.05, 4.69) is 502 Å². The van der Waals surface area contributed by atoms with Crippen molar-refractivity contribution in [3.63, 3.8) is 0 Å². The second kappa shape index (κ2) is 37.7. The van der Waals surface area contributed by atoms with E-state index in [-0.39, 0.29) is 108 Å². The number of hydrogen-bond donors (Lipinski definition) is 2. The van der Waals surface area contributed by atoms with Crippen molar-refractivity contribution in [1.29, 1.82) is 0 Å². The number of ether oxygens (including phenoxy) is 2. The fourth-order valence-corrected chi connectivity index (χ4v) is 31.3. The molecule has 141 heavy (non-hydrogen) atoms. The second-order valence-corrected chi connectivity index (χ2v) is 71.2. The maximum absolute atomic E-state index is 14.7. The van der Waals surface area contributed by atoms with E-state index in [0.717, 1.165) is 114 Å². The Kier molecular flexibility index (Phi) is 29.8. The molecule has 4 nitrogen and oxygen atoms in total. The molecular formula is C136H188GeO4. The molecule has 0 spiro atoms. The van der Waals surface area contributed by atoms with Gasteiger partial charge in [-0.3, -0.25) is 0 Å². The van der Waals surface area contributed by atoms with Crippen LogP contribution in [0.5, 0.6) is 23.0 Å². The van der Waals surface area contributed by atoms with Gasteiger partial charge in [-0.05, 0) is 65.6 Å². The molecule has 0 aliphatic carbocycles. The molecule has 0 aliphatic heterocycles. The maximum atomic E-state index is 14.7. The van der Waals surface area contributed by atoms with Gasteiger partial charge in [0.05, 0.1) is 0 Å². The van der Waals surface area contributed by atoms with E-state index >= 15 is 0 Å². The van der Waals surface area contributed by atoms with Crippen molar-refractivity contribution in [3.8, 4) is 89.8 Å². The van der Waals surface area contributed by atoms with Crippen LogP contribution in [0, 0.1) is 21.7 Å². The van der Waals surface area contributed by atoms with Crippen molar-refractivity contribution in [2.75, 3.05) is 10.9 Å². The van der Waals surface area contributed by atoms with Gasteiger partial charge in [-0.1, -0.05) is 203 Å². The first-order valence-corrected chi connectivity index (χ1v) is 58.9. The van der Waals surface area contributed by atoms with Gasteiger partial charge in [0.2, 0.25) is 0 Å². The van der Waals surface area contributed by atoms with E-state index in [1.807, 2.05) is 0 Å². The second-order valence-electron chi connectivity index (χ2n) is 60.0. The van der Waals surface area contributed by atoms with E-state index in [1.54, 1.807) is 0 Å². The molecule has 0 amide bonds. The average molecular weight is 1960 g/mol. The van der Waals surface area contributed by atoms with Crippen molar-refractivity contribution < 1.29 is 19.7 Å². The van der Waals surface area contributed by atoms with E-state index in [4.69, 9.17) is 9.47 Å². The molecule has 0 heterocycles. The summed E-state index contributed by atoms with van der Waals surface area (Å²) in [6.45, 7) is 114. The Morgan fingerprint density at radius 3 is 0.624 bits per heavy atom. The molecule has 12 aromatic rings. The van der Waals surface area contributed by atoms with Crippen molar-refractivity contribution in [2.24, 2.45) is 21.7 Å². The molecule has 0 aromatic heterocycles. The molecule has 760 valence electrons. The Bertz CT molecular complexity index is 6080. The third kappa shape index (κ3) is 24.2. The van der Waals surface area contributed by atoms with Gasteiger partial charge < -0.3 is 0 Å². The Morgan fingerprint density at radius 2 is 0.411 bits per heavy atom. The molecule has 0 aliphatic rings. The number of rotatable bonds is 22. The van der Waals surface area contributed by atoms with Crippen molar-refractivity contribution in [3.05, 3.63) is 237 Å². The molecule has 0 bridgehead atoms. The van der Waals surface area contributed by atoms with Gasteiger partial charge in [0.25, 0.3) is 0 Å². The van der Waals surface area contributed by atoms with Crippen LogP contribution in [0.3, 0.4) is 0 Å². The fourth-order valence-electron chi connectivity index (χ4n) is 23.7. The van der Waals surface area contributed by atoms with E-state index < -0.39 is 13.3 Å². The zero-order valence-corrected chi connectivity index (χ0v) is 99.9. The summed E-state index contributed by atoms with van der Waals surface area (Å²) in [4.78, 5) is 0. The molecule has 5 heteroatoms. The molecule has 0 fully saturated rings. The number of fused-ring (bicyclic) bond motifs is 4. The van der Waals surface area contributed by atoms with Gasteiger partial charge in [0, 0.05) is 0 Å². The molecule has 0 saturated carbocycles. The Hall–Kier alpha value is -8.58. The Balaban J connectivity index is 1.14. The summed E-state index contributed by atoms with van der Waals surface area (Å²) in [5.74, 6) is 1.98. The number of hydrogen-bond acceptors (Lipinski definition) is 4. The molecule has 12 aromatic carbocycles. The van der Waals surface area contributed by atoms with Gasteiger partial charge in [0.15, 0.2) is 0 Å². The van der Waals surface area contributed by atoms with E-state index in [9.17, 15) is 10.2 Å². The molecular weight excluding hydrogens is 1770 g/mol. The Morgan fingerprint density at radius 1 is 0.206 bits per heavy atom. The molecule has 12 rings (SSSR count). The SMILES string of the molecule is C[CH](C)[Ge]([CH2]Oc1ccc(C(C)(C)CC(C)(C)C)cc1-c1cc(C(C)(C)CC(C)(C)C)cc(-c2c3ccc(C(C)(C)C)cc3c(-c3cc(C(C)(C)C)cc(C(C)(C)C)c3)c3cc(C(C)(C)C)ccc23)c1O)([CH2]Oc1ccc(C(C)(C)CC(C)(C)C)cc1-c1cc(C(C)(C)CC(C)(C)C)cc(-c2c3ccc(C(C)(C)C)cc3c(-c3cc(C(C)(C)C)cc(C(C)(C)C)c3)c3cc(C(C)(C)C)ccc23)c1O)[CH](C)C. The van der Waals surface area contributed by atoms with Crippen molar-refractivity contribution in [1.82, 2.24) is 0 Å². The first-order chi connectivity index (χ1) is 63.8. The molecule has 0 unspecified atom stereocenters. The topological polar surface area (TPSA) is 58.9 Å². The summed E-state index contributed by atoms with van der Waals surface area (Å²) < 4.78 is 16.5. The minimum atomic E-state index is -3.70.